The predicted molar refractivity (Wildman–Crippen MR) is 101 cm³/mol. The van der Waals surface area contributed by atoms with Crippen molar-refractivity contribution in [2.45, 2.75) is 57.9 Å². The molecule has 2 aliphatic heterocycles. The molecule has 0 saturated carbocycles. The Hall–Kier alpha value is -1.71. The lowest BCUT2D eigenvalue weighted by molar-refractivity contribution is -0.133. The Kier molecular flexibility index (Phi) is 6.00. The molecule has 1 aromatic rings. The van der Waals surface area contributed by atoms with Gasteiger partial charge in [-0.1, -0.05) is 6.92 Å². The summed E-state index contributed by atoms with van der Waals surface area (Å²) in [6.07, 6.45) is 8.57. The zero-order valence-corrected chi connectivity index (χ0v) is 15.0. The van der Waals surface area contributed by atoms with Crippen molar-refractivity contribution in [1.82, 2.24) is 4.90 Å². The maximum Gasteiger partial charge on any atom is 0.242 e. The normalized spacial score (nSPS) is 21.6. The third-order valence-electron chi connectivity index (χ3n) is 5.45. The van der Waals surface area contributed by atoms with Crippen molar-refractivity contribution in [1.29, 1.82) is 0 Å². The topological polar surface area (TPSA) is 35.6 Å². The first-order valence-corrected chi connectivity index (χ1v) is 9.66. The van der Waals surface area contributed by atoms with Crippen LogP contribution in [0.4, 0.5) is 11.4 Å². The van der Waals surface area contributed by atoms with Crippen molar-refractivity contribution < 1.29 is 4.79 Å². The molecule has 4 heteroatoms. The van der Waals surface area contributed by atoms with Crippen molar-refractivity contribution in [3.63, 3.8) is 0 Å². The van der Waals surface area contributed by atoms with Gasteiger partial charge in [-0.15, -0.1) is 0 Å². The van der Waals surface area contributed by atoms with Crippen LogP contribution in [0.2, 0.25) is 0 Å². The van der Waals surface area contributed by atoms with Gasteiger partial charge in [0.25, 0.3) is 0 Å². The van der Waals surface area contributed by atoms with E-state index in [-0.39, 0.29) is 5.91 Å². The van der Waals surface area contributed by atoms with Crippen LogP contribution in [-0.4, -0.2) is 43.0 Å². The molecule has 132 valence electrons. The number of carbonyl (C=O) groups excluding carboxylic acids is 1. The summed E-state index contributed by atoms with van der Waals surface area (Å²) >= 11 is 0. The van der Waals surface area contributed by atoms with Crippen LogP contribution in [0.5, 0.6) is 0 Å². The number of rotatable bonds is 5. The summed E-state index contributed by atoms with van der Waals surface area (Å²) in [5.41, 5.74) is 2.34. The molecule has 1 atom stereocenters. The third-order valence-corrected chi connectivity index (χ3v) is 5.45. The van der Waals surface area contributed by atoms with Gasteiger partial charge in [0.15, 0.2) is 0 Å². The average molecular weight is 329 g/mol. The van der Waals surface area contributed by atoms with Gasteiger partial charge in [0.1, 0.15) is 0 Å². The molecule has 0 aliphatic carbocycles. The third kappa shape index (κ3) is 4.22. The molecule has 1 unspecified atom stereocenters. The van der Waals surface area contributed by atoms with Crippen molar-refractivity contribution in [3.05, 3.63) is 24.3 Å². The molecule has 24 heavy (non-hydrogen) atoms. The Morgan fingerprint density at radius 3 is 2.46 bits per heavy atom. The van der Waals surface area contributed by atoms with Gasteiger partial charge in [-0.3, -0.25) is 4.79 Å². The van der Waals surface area contributed by atoms with E-state index in [4.69, 9.17) is 0 Å². The van der Waals surface area contributed by atoms with Crippen molar-refractivity contribution >= 4 is 17.3 Å². The summed E-state index contributed by atoms with van der Waals surface area (Å²) < 4.78 is 0. The first-order chi connectivity index (χ1) is 11.8. The number of carbonyl (C=O) groups is 1. The quantitative estimate of drug-likeness (QED) is 0.890. The van der Waals surface area contributed by atoms with E-state index in [0.717, 1.165) is 31.5 Å². The van der Waals surface area contributed by atoms with Crippen LogP contribution < -0.4 is 10.2 Å². The van der Waals surface area contributed by atoms with E-state index in [9.17, 15) is 4.79 Å². The highest BCUT2D eigenvalue weighted by Crippen LogP contribution is 2.22. The molecule has 2 saturated heterocycles. The number of piperidine rings is 2. The van der Waals surface area contributed by atoms with Crippen molar-refractivity contribution in [2.24, 2.45) is 0 Å². The van der Waals surface area contributed by atoms with E-state index >= 15 is 0 Å². The molecule has 2 aliphatic rings. The number of amides is 1. The van der Waals surface area contributed by atoms with E-state index < -0.39 is 0 Å². The Bertz CT molecular complexity index is 522. The molecule has 3 rings (SSSR count). The molecule has 2 fully saturated rings. The van der Waals surface area contributed by atoms with Crippen LogP contribution in [0.1, 0.15) is 51.9 Å². The standard InChI is InChI=1S/C20H31N3O/c1-2-18-8-4-7-15-23(18)20(24)16-21-17-9-11-19(12-10-17)22-13-5-3-6-14-22/h9-12,18,21H,2-8,13-16H2,1H3. The van der Waals surface area contributed by atoms with Gasteiger partial charge in [0.2, 0.25) is 5.91 Å². The summed E-state index contributed by atoms with van der Waals surface area (Å²) in [5.74, 6) is 0.238. The van der Waals surface area contributed by atoms with Gasteiger partial charge >= 0.3 is 0 Å². The van der Waals surface area contributed by atoms with Crippen LogP contribution in [0.15, 0.2) is 24.3 Å². The molecule has 0 bridgehead atoms. The Morgan fingerprint density at radius 2 is 1.75 bits per heavy atom. The van der Waals surface area contributed by atoms with E-state index in [1.165, 1.54) is 44.5 Å². The van der Waals surface area contributed by atoms with E-state index in [0.29, 0.717) is 12.6 Å². The van der Waals surface area contributed by atoms with E-state index in [2.05, 4.69) is 46.3 Å². The van der Waals surface area contributed by atoms with Gasteiger partial charge in [-0.2, -0.15) is 0 Å². The minimum atomic E-state index is 0.238. The predicted octanol–water partition coefficient (Wildman–Crippen LogP) is 3.88. The van der Waals surface area contributed by atoms with Crippen molar-refractivity contribution in [3.8, 4) is 0 Å². The molecule has 0 spiro atoms. The zero-order chi connectivity index (χ0) is 16.8. The first kappa shape index (κ1) is 17.1. The smallest absolute Gasteiger partial charge is 0.242 e. The van der Waals surface area contributed by atoms with Crippen LogP contribution >= 0.6 is 0 Å². The molecule has 2 heterocycles. The lowest BCUT2D eigenvalue weighted by Crippen LogP contribution is -2.45. The van der Waals surface area contributed by atoms with Crippen LogP contribution in [0.3, 0.4) is 0 Å². The Labute approximate surface area is 146 Å². The van der Waals surface area contributed by atoms with E-state index in [1.54, 1.807) is 0 Å². The largest absolute Gasteiger partial charge is 0.376 e. The second-order valence-electron chi connectivity index (χ2n) is 7.09. The number of nitrogens with one attached hydrogen (secondary N) is 1. The van der Waals surface area contributed by atoms with Gasteiger partial charge in [0, 0.05) is 37.1 Å². The summed E-state index contributed by atoms with van der Waals surface area (Å²) in [4.78, 5) is 17.0. The SMILES string of the molecule is CCC1CCCCN1C(=O)CNc1ccc(N2CCCCC2)cc1. The summed E-state index contributed by atoms with van der Waals surface area (Å²) in [5, 5.41) is 3.31. The molecule has 1 aromatic carbocycles. The average Bonchev–Trinajstić information content (AvgIpc) is 2.67. The van der Waals surface area contributed by atoms with Crippen LogP contribution in [-0.2, 0) is 4.79 Å². The number of hydrogen-bond donors (Lipinski definition) is 1. The fourth-order valence-corrected chi connectivity index (χ4v) is 3.97. The molecule has 1 N–H and O–H groups in total. The van der Waals surface area contributed by atoms with Crippen LogP contribution in [0.25, 0.3) is 0 Å². The van der Waals surface area contributed by atoms with Gasteiger partial charge in [-0.05, 0) is 69.2 Å². The molecule has 1 amide bonds. The van der Waals surface area contributed by atoms with Gasteiger partial charge in [-0.25, -0.2) is 0 Å². The van der Waals surface area contributed by atoms with Crippen LogP contribution in [0, 0.1) is 0 Å². The summed E-state index contributed by atoms with van der Waals surface area (Å²) in [7, 11) is 0. The minimum Gasteiger partial charge on any atom is -0.376 e. The number of nitrogens with zero attached hydrogens (tertiary/aromatic N) is 2. The second kappa shape index (κ2) is 8.41. The van der Waals surface area contributed by atoms with Gasteiger partial charge in [0.05, 0.1) is 6.54 Å². The van der Waals surface area contributed by atoms with Gasteiger partial charge < -0.3 is 15.1 Å². The van der Waals surface area contributed by atoms with Crippen molar-refractivity contribution in [2.75, 3.05) is 36.4 Å². The number of hydrogen-bond acceptors (Lipinski definition) is 3. The highest BCUT2D eigenvalue weighted by atomic mass is 16.2. The Balaban J connectivity index is 1.51. The maximum atomic E-state index is 12.5. The monoisotopic (exact) mass is 329 g/mol. The first-order valence-electron chi connectivity index (χ1n) is 9.66. The number of likely N-dealkylation sites (tertiary alicyclic amines) is 1. The molecular formula is C20H31N3O. The number of anilines is 2. The molecule has 0 radical (unpaired) electrons. The number of benzene rings is 1. The Morgan fingerprint density at radius 1 is 1.04 bits per heavy atom. The highest BCUT2D eigenvalue weighted by molar-refractivity contribution is 5.81. The molecule has 4 nitrogen and oxygen atoms in total. The summed E-state index contributed by atoms with van der Waals surface area (Å²) in [6, 6.07) is 8.99. The molecular weight excluding hydrogens is 298 g/mol. The lowest BCUT2D eigenvalue weighted by Gasteiger charge is -2.35. The minimum absolute atomic E-state index is 0.238. The fourth-order valence-electron chi connectivity index (χ4n) is 3.97. The highest BCUT2D eigenvalue weighted by Gasteiger charge is 2.24. The maximum absolute atomic E-state index is 12.5. The second-order valence-corrected chi connectivity index (χ2v) is 7.09. The van der Waals surface area contributed by atoms with E-state index in [1.807, 2.05) is 0 Å². The summed E-state index contributed by atoms with van der Waals surface area (Å²) in [6.45, 7) is 5.84. The molecule has 0 aromatic heterocycles. The zero-order valence-electron chi connectivity index (χ0n) is 15.0. The lowest BCUT2D eigenvalue weighted by atomic mass is 10.00. The fraction of sp³-hybridized carbons (Fsp3) is 0.650.